The van der Waals surface area contributed by atoms with Crippen LogP contribution in [0, 0.1) is 0 Å². The first kappa shape index (κ1) is 12.4. The van der Waals surface area contributed by atoms with Crippen molar-refractivity contribution in [2.45, 2.75) is 19.8 Å². The quantitative estimate of drug-likeness (QED) is 0.734. The van der Waals surface area contributed by atoms with Crippen LogP contribution in [0.1, 0.15) is 25.5 Å². The maximum atomic E-state index is 9.25. The Morgan fingerprint density at radius 1 is 1.57 bits per heavy atom. The predicted octanol–water partition coefficient (Wildman–Crippen LogP) is 2.46. The minimum atomic E-state index is -0.981. The maximum Gasteiger partial charge on any atom is 0.327 e. The number of carbonyl (C=O) groups is 1. The molecule has 0 aliphatic heterocycles. The lowest BCUT2D eigenvalue weighted by Crippen LogP contribution is -1.88. The topological polar surface area (TPSA) is 50.2 Å². The van der Waals surface area contributed by atoms with Gasteiger partial charge in [-0.25, -0.2) is 4.79 Å². The van der Waals surface area contributed by atoms with E-state index in [1.54, 1.807) is 0 Å². The molecule has 0 atom stereocenters. The molecule has 0 spiro atoms. The number of rotatable bonds is 2. The van der Waals surface area contributed by atoms with Gasteiger partial charge in [-0.05, 0) is 18.1 Å². The minimum absolute atomic E-state index is 0.547. The predicted molar refractivity (Wildman–Crippen MR) is 56.2 cm³/mol. The Bertz CT molecular complexity index is 281. The van der Waals surface area contributed by atoms with Crippen molar-refractivity contribution in [2.75, 3.05) is 0 Å². The fraction of sp³-hybridized carbons (Fsp3) is 0.273. The third-order valence-electron chi connectivity index (χ3n) is 1.45. The molecule has 1 aromatic heterocycles. The standard InChI is InChI=1S/C8H11N.C3H4O2/c1-7(2)8-5-3-4-6-9-8;1-2-3(4)5/h3-7H,1-2H3;2H,1H2,(H,4,5). The van der Waals surface area contributed by atoms with Crippen molar-refractivity contribution in [1.29, 1.82) is 0 Å². The molecule has 1 N–H and O–H groups in total. The SMILES string of the molecule is C=CC(=O)O.CC(C)c1ccccn1. The van der Waals surface area contributed by atoms with Gasteiger partial charge in [0.1, 0.15) is 0 Å². The van der Waals surface area contributed by atoms with Crippen molar-refractivity contribution >= 4 is 5.97 Å². The van der Waals surface area contributed by atoms with Crippen LogP contribution in [0.5, 0.6) is 0 Å². The average Bonchev–Trinajstić information content (AvgIpc) is 2.20. The van der Waals surface area contributed by atoms with Gasteiger partial charge in [-0.2, -0.15) is 0 Å². The van der Waals surface area contributed by atoms with Crippen LogP contribution in [0.4, 0.5) is 0 Å². The molecular formula is C11H15NO2. The fourth-order valence-corrected chi connectivity index (χ4v) is 0.717. The first-order valence-electron chi connectivity index (χ1n) is 4.34. The summed E-state index contributed by atoms with van der Waals surface area (Å²) in [6.07, 6.45) is 2.66. The van der Waals surface area contributed by atoms with Crippen molar-refractivity contribution in [3.63, 3.8) is 0 Å². The molecule has 1 heterocycles. The van der Waals surface area contributed by atoms with E-state index in [0.29, 0.717) is 5.92 Å². The minimum Gasteiger partial charge on any atom is -0.478 e. The smallest absolute Gasteiger partial charge is 0.327 e. The van der Waals surface area contributed by atoms with Crippen molar-refractivity contribution < 1.29 is 9.90 Å². The summed E-state index contributed by atoms with van der Waals surface area (Å²) in [5, 5.41) is 7.60. The lowest BCUT2D eigenvalue weighted by molar-refractivity contribution is -0.131. The van der Waals surface area contributed by atoms with E-state index >= 15 is 0 Å². The van der Waals surface area contributed by atoms with Crippen molar-refractivity contribution in [3.8, 4) is 0 Å². The van der Waals surface area contributed by atoms with Gasteiger partial charge in [0.2, 0.25) is 0 Å². The molecular weight excluding hydrogens is 178 g/mol. The highest BCUT2D eigenvalue weighted by Gasteiger charge is 1.95. The van der Waals surface area contributed by atoms with E-state index < -0.39 is 5.97 Å². The van der Waals surface area contributed by atoms with Gasteiger partial charge in [0, 0.05) is 18.0 Å². The largest absolute Gasteiger partial charge is 0.478 e. The van der Waals surface area contributed by atoms with Crippen LogP contribution in [-0.2, 0) is 4.79 Å². The average molecular weight is 193 g/mol. The molecule has 0 aliphatic rings. The summed E-state index contributed by atoms with van der Waals surface area (Å²) in [6.45, 7) is 7.24. The third kappa shape index (κ3) is 5.94. The van der Waals surface area contributed by atoms with Crippen LogP contribution >= 0.6 is 0 Å². The fourth-order valence-electron chi connectivity index (χ4n) is 0.717. The van der Waals surface area contributed by atoms with Crippen LogP contribution in [0.3, 0.4) is 0 Å². The van der Waals surface area contributed by atoms with Gasteiger partial charge in [0.15, 0.2) is 0 Å². The zero-order valence-corrected chi connectivity index (χ0v) is 8.47. The third-order valence-corrected chi connectivity index (χ3v) is 1.45. The van der Waals surface area contributed by atoms with E-state index in [1.807, 2.05) is 24.4 Å². The zero-order chi connectivity index (χ0) is 11.0. The first-order valence-corrected chi connectivity index (χ1v) is 4.34. The maximum absolute atomic E-state index is 9.25. The van der Waals surface area contributed by atoms with Crippen molar-refractivity contribution in [1.82, 2.24) is 4.98 Å². The molecule has 0 amide bonds. The molecule has 3 nitrogen and oxygen atoms in total. The van der Waals surface area contributed by atoms with Crippen LogP contribution in [0.2, 0.25) is 0 Å². The Balaban J connectivity index is 0.000000292. The molecule has 0 aromatic carbocycles. The summed E-state index contributed by atoms with van der Waals surface area (Å²) in [7, 11) is 0. The summed E-state index contributed by atoms with van der Waals surface area (Å²) < 4.78 is 0. The van der Waals surface area contributed by atoms with Crippen molar-refractivity contribution in [2.24, 2.45) is 0 Å². The van der Waals surface area contributed by atoms with Crippen molar-refractivity contribution in [3.05, 3.63) is 42.7 Å². The van der Waals surface area contributed by atoms with E-state index in [2.05, 4.69) is 25.4 Å². The summed E-state index contributed by atoms with van der Waals surface area (Å²) in [5.41, 5.74) is 1.16. The van der Waals surface area contributed by atoms with Crippen LogP contribution < -0.4 is 0 Å². The van der Waals surface area contributed by atoms with E-state index in [1.165, 1.54) is 0 Å². The summed E-state index contributed by atoms with van der Waals surface area (Å²) >= 11 is 0. The molecule has 14 heavy (non-hydrogen) atoms. The second-order valence-corrected chi connectivity index (χ2v) is 2.95. The molecule has 0 fully saturated rings. The van der Waals surface area contributed by atoms with Crippen LogP contribution in [0.25, 0.3) is 0 Å². The summed E-state index contributed by atoms with van der Waals surface area (Å²) in [5.74, 6) is -0.434. The summed E-state index contributed by atoms with van der Waals surface area (Å²) in [4.78, 5) is 13.4. The molecule has 0 radical (unpaired) electrons. The molecule has 1 aromatic rings. The highest BCUT2D eigenvalue weighted by Crippen LogP contribution is 2.08. The molecule has 0 saturated carbocycles. The van der Waals surface area contributed by atoms with E-state index in [0.717, 1.165) is 11.8 Å². The van der Waals surface area contributed by atoms with Gasteiger partial charge in [-0.3, -0.25) is 4.98 Å². The highest BCUT2D eigenvalue weighted by molar-refractivity contribution is 5.78. The molecule has 0 saturated heterocycles. The number of nitrogens with zero attached hydrogens (tertiary/aromatic N) is 1. The number of carboxylic acid groups (broad SMARTS) is 1. The Hall–Kier alpha value is -1.64. The highest BCUT2D eigenvalue weighted by atomic mass is 16.4. The van der Waals surface area contributed by atoms with Gasteiger partial charge < -0.3 is 5.11 Å². The molecule has 0 aliphatic carbocycles. The summed E-state index contributed by atoms with van der Waals surface area (Å²) in [6, 6.07) is 6.00. The normalized spacial score (nSPS) is 8.79. The molecule has 3 heteroatoms. The zero-order valence-electron chi connectivity index (χ0n) is 8.47. The number of pyridine rings is 1. The van der Waals surface area contributed by atoms with Gasteiger partial charge in [-0.1, -0.05) is 26.5 Å². The molecule has 1 rings (SSSR count). The van der Waals surface area contributed by atoms with Gasteiger partial charge >= 0.3 is 5.97 Å². The second kappa shape index (κ2) is 6.83. The van der Waals surface area contributed by atoms with E-state index in [9.17, 15) is 4.79 Å². The Morgan fingerprint density at radius 2 is 2.14 bits per heavy atom. The number of hydrogen-bond donors (Lipinski definition) is 1. The lowest BCUT2D eigenvalue weighted by atomic mass is 10.1. The monoisotopic (exact) mass is 193 g/mol. The van der Waals surface area contributed by atoms with Gasteiger partial charge in [-0.15, -0.1) is 0 Å². The Labute approximate surface area is 84.1 Å². The molecule has 0 unspecified atom stereocenters. The Morgan fingerprint density at radius 3 is 2.36 bits per heavy atom. The van der Waals surface area contributed by atoms with Gasteiger partial charge in [0.25, 0.3) is 0 Å². The van der Waals surface area contributed by atoms with E-state index in [-0.39, 0.29) is 0 Å². The number of aromatic nitrogens is 1. The number of hydrogen-bond acceptors (Lipinski definition) is 2. The second-order valence-electron chi connectivity index (χ2n) is 2.95. The molecule has 76 valence electrons. The van der Waals surface area contributed by atoms with Crippen LogP contribution in [-0.4, -0.2) is 16.1 Å². The van der Waals surface area contributed by atoms with Gasteiger partial charge in [0.05, 0.1) is 0 Å². The van der Waals surface area contributed by atoms with E-state index in [4.69, 9.17) is 5.11 Å². The first-order chi connectivity index (χ1) is 6.57. The number of carboxylic acids is 1. The van der Waals surface area contributed by atoms with Crippen LogP contribution in [0.15, 0.2) is 37.1 Å². The molecule has 0 bridgehead atoms. The lowest BCUT2D eigenvalue weighted by Gasteiger charge is -2.00. The number of aliphatic carboxylic acids is 1. The Kier molecular flexibility index (Phi) is 6.03.